The first kappa shape index (κ1) is 21.2. The summed E-state index contributed by atoms with van der Waals surface area (Å²) >= 11 is 2.10. The zero-order valence-electron chi connectivity index (χ0n) is 17.5. The monoisotopic (exact) mass is 405 g/mol. The van der Waals surface area contributed by atoms with Gasteiger partial charge in [0.2, 0.25) is 5.95 Å². The Bertz CT molecular complexity index is 602. The molecule has 7 nitrogen and oxygen atoms in total. The summed E-state index contributed by atoms with van der Waals surface area (Å²) in [5.74, 6) is 3.83. The third-order valence-corrected chi connectivity index (χ3v) is 7.03. The lowest BCUT2D eigenvalue weighted by Gasteiger charge is -2.36. The summed E-state index contributed by atoms with van der Waals surface area (Å²) in [5.41, 5.74) is 0. The Morgan fingerprint density at radius 2 is 1.96 bits per heavy atom. The maximum absolute atomic E-state index is 4.52. The fraction of sp³-hybridized carbons (Fsp3) is 0.750. The zero-order valence-corrected chi connectivity index (χ0v) is 18.4. The molecule has 0 aliphatic carbocycles. The van der Waals surface area contributed by atoms with Crippen LogP contribution in [-0.4, -0.2) is 96.1 Å². The molecule has 0 aromatic carbocycles. The molecule has 1 aromatic heterocycles. The van der Waals surface area contributed by atoms with Gasteiger partial charge in [-0.3, -0.25) is 9.89 Å². The summed E-state index contributed by atoms with van der Waals surface area (Å²) in [6.45, 7) is 13.1. The quantitative estimate of drug-likeness (QED) is 0.439. The normalized spacial score (nSPS) is 22.0. The molecule has 0 radical (unpaired) electrons. The van der Waals surface area contributed by atoms with Crippen LogP contribution in [0, 0.1) is 5.92 Å². The van der Waals surface area contributed by atoms with Crippen molar-refractivity contribution in [3.05, 3.63) is 18.5 Å². The molecule has 2 aliphatic rings. The Kier molecular flexibility index (Phi) is 8.21. The third-order valence-electron chi connectivity index (χ3n) is 5.49. The van der Waals surface area contributed by atoms with Crippen molar-refractivity contribution in [3.8, 4) is 0 Å². The molecule has 1 N–H and O–H groups in total. The molecular weight excluding hydrogens is 370 g/mol. The standard InChI is InChI=1S/C20H35N7S/c1-17(2)18-16-27(14-15-28-18)19(21-3)22-8-5-9-25-10-12-26(13-11-25)20-23-6-4-7-24-20/h4,6-7,17-18H,5,8-16H2,1-3H3,(H,21,22). The first-order chi connectivity index (χ1) is 13.7. The fourth-order valence-corrected chi connectivity index (χ4v) is 5.03. The van der Waals surface area contributed by atoms with Gasteiger partial charge in [-0.25, -0.2) is 9.97 Å². The third kappa shape index (κ3) is 5.98. The van der Waals surface area contributed by atoms with E-state index in [-0.39, 0.29) is 0 Å². The number of piperazine rings is 1. The second-order valence-corrected chi connectivity index (χ2v) is 9.15. The van der Waals surface area contributed by atoms with Gasteiger partial charge >= 0.3 is 0 Å². The summed E-state index contributed by atoms with van der Waals surface area (Å²) in [5, 5.41) is 4.29. The minimum atomic E-state index is 0.706. The Hall–Kier alpha value is -1.54. The average molecular weight is 406 g/mol. The molecule has 156 valence electrons. The SMILES string of the molecule is CN=C(NCCCN1CCN(c2ncccn2)CC1)N1CCSC(C(C)C)C1. The van der Waals surface area contributed by atoms with E-state index in [0.717, 1.165) is 70.7 Å². The Morgan fingerprint density at radius 3 is 2.64 bits per heavy atom. The number of guanidine groups is 1. The molecule has 3 heterocycles. The Labute approximate surface area is 174 Å². The molecule has 0 bridgehead atoms. The van der Waals surface area contributed by atoms with Crippen molar-refractivity contribution in [2.24, 2.45) is 10.9 Å². The predicted molar refractivity (Wildman–Crippen MR) is 119 cm³/mol. The number of nitrogens with zero attached hydrogens (tertiary/aromatic N) is 6. The number of thioether (sulfide) groups is 1. The van der Waals surface area contributed by atoms with Crippen molar-refractivity contribution >= 4 is 23.7 Å². The van der Waals surface area contributed by atoms with Gasteiger partial charge in [-0.05, 0) is 24.9 Å². The van der Waals surface area contributed by atoms with E-state index in [1.54, 1.807) is 0 Å². The van der Waals surface area contributed by atoms with Gasteiger partial charge in [0.25, 0.3) is 0 Å². The number of hydrogen-bond acceptors (Lipinski definition) is 6. The summed E-state index contributed by atoms with van der Waals surface area (Å²) in [6, 6.07) is 1.87. The van der Waals surface area contributed by atoms with Gasteiger partial charge in [-0.15, -0.1) is 0 Å². The lowest BCUT2D eigenvalue weighted by atomic mass is 10.1. The first-order valence-corrected chi connectivity index (χ1v) is 11.5. The molecule has 2 fully saturated rings. The highest BCUT2D eigenvalue weighted by Crippen LogP contribution is 2.24. The van der Waals surface area contributed by atoms with Gasteiger partial charge in [0.15, 0.2) is 5.96 Å². The highest BCUT2D eigenvalue weighted by molar-refractivity contribution is 8.00. The molecular formula is C20H35N7S. The molecule has 2 saturated heterocycles. The van der Waals surface area contributed by atoms with Crippen molar-refractivity contribution < 1.29 is 0 Å². The molecule has 3 rings (SSSR count). The van der Waals surface area contributed by atoms with Crippen molar-refractivity contribution in [3.63, 3.8) is 0 Å². The molecule has 1 atom stereocenters. The summed E-state index contributed by atoms with van der Waals surface area (Å²) in [4.78, 5) is 20.5. The number of aliphatic imine (C=N–C) groups is 1. The van der Waals surface area contributed by atoms with Gasteiger partial charge in [0, 0.05) is 76.3 Å². The van der Waals surface area contributed by atoms with E-state index in [2.05, 4.69) is 60.6 Å². The maximum atomic E-state index is 4.52. The molecule has 1 unspecified atom stereocenters. The van der Waals surface area contributed by atoms with Crippen LogP contribution in [0.25, 0.3) is 0 Å². The fourth-order valence-electron chi connectivity index (χ4n) is 3.73. The molecule has 1 aromatic rings. The molecule has 2 aliphatic heterocycles. The van der Waals surface area contributed by atoms with E-state index < -0.39 is 0 Å². The lowest BCUT2D eigenvalue weighted by molar-refractivity contribution is 0.253. The van der Waals surface area contributed by atoms with Crippen LogP contribution in [0.2, 0.25) is 0 Å². The molecule has 0 saturated carbocycles. The molecule has 28 heavy (non-hydrogen) atoms. The number of anilines is 1. The van der Waals surface area contributed by atoms with Crippen LogP contribution in [0.15, 0.2) is 23.5 Å². The number of rotatable bonds is 6. The highest BCUT2D eigenvalue weighted by atomic mass is 32.2. The van der Waals surface area contributed by atoms with Crippen LogP contribution in [0.3, 0.4) is 0 Å². The van der Waals surface area contributed by atoms with Gasteiger partial charge in [-0.2, -0.15) is 11.8 Å². The first-order valence-electron chi connectivity index (χ1n) is 10.5. The van der Waals surface area contributed by atoms with Crippen molar-refractivity contribution in [2.75, 3.05) is 70.1 Å². The highest BCUT2D eigenvalue weighted by Gasteiger charge is 2.25. The van der Waals surface area contributed by atoms with Gasteiger partial charge < -0.3 is 15.1 Å². The van der Waals surface area contributed by atoms with E-state index >= 15 is 0 Å². The predicted octanol–water partition coefficient (Wildman–Crippen LogP) is 1.64. The van der Waals surface area contributed by atoms with E-state index in [4.69, 9.17) is 0 Å². The van der Waals surface area contributed by atoms with E-state index in [1.807, 2.05) is 25.5 Å². The smallest absolute Gasteiger partial charge is 0.225 e. The van der Waals surface area contributed by atoms with Crippen molar-refractivity contribution in [2.45, 2.75) is 25.5 Å². The topological polar surface area (TPSA) is 59.9 Å². The molecule has 0 amide bonds. The van der Waals surface area contributed by atoms with Crippen molar-refractivity contribution in [1.82, 2.24) is 25.1 Å². The summed E-state index contributed by atoms with van der Waals surface area (Å²) in [7, 11) is 1.90. The van der Waals surface area contributed by atoms with Crippen LogP contribution in [0.1, 0.15) is 20.3 Å². The minimum Gasteiger partial charge on any atom is -0.356 e. The maximum Gasteiger partial charge on any atom is 0.225 e. The number of nitrogens with one attached hydrogen (secondary N) is 1. The second kappa shape index (κ2) is 10.9. The zero-order chi connectivity index (χ0) is 19.8. The van der Waals surface area contributed by atoms with E-state index in [1.165, 1.54) is 5.75 Å². The molecule has 0 spiro atoms. The minimum absolute atomic E-state index is 0.706. The Balaban J connectivity index is 1.34. The molecule has 8 heteroatoms. The van der Waals surface area contributed by atoms with Gasteiger partial charge in [-0.1, -0.05) is 13.8 Å². The van der Waals surface area contributed by atoms with Gasteiger partial charge in [0.05, 0.1) is 0 Å². The van der Waals surface area contributed by atoms with Crippen LogP contribution in [-0.2, 0) is 0 Å². The van der Waals surface area contributed by atoms with E-state index in [9.17, 15) is 0 Å². The van der Waals surface area contributed by atoms with Crippen LogP contribution in [0.5, 0.6) is 0 Å². The largest absolute Gasteiger partial charge is 0.356 e. The number of hydrogen-bond donors (Lipinski definition) is 1. The summed E-state index contributed by atoms with van der Waals surface area (Å²) in [6.07, 6.45) is 4.77. The van der Waals surface area contributed by atoms with Gasteiger partial charge in [0.1, 0.15) is 0 Å². The van der Waals surface area contributed by atoms with Crippen molar-refractivity contribution in [1.29, 1.82) is 0 Å². The number of aromatic nitrogens is 2. The second-order valence-electron chi connectivity index (χ2n) is 7.80. The summed E-state index contributed by atoms with van der Waals surface area (Å²) < 4.78 is 0. The van der Waals surface area contributed by atoms with Crippen LogP contribution < -0.4 is 10.2 Å². The van der Waals surface area contributed by atoms with E-state index in [0.29, 0.717) is 11.2 Å². The lowest BCUT2D eigenvalue weighted by Crippen LogP contribution is -2.50. The van der Waals surface area contributed by atoms with Crippen LogP contribution in [0.4, 0.5) is 5.95 Å². The average Bonchev–Trinajstić information content (AvgIpc) is 2.75. The van der Waals surface area contributed by atoms with Crippen LogP contribution >= 0.6 is 11.8 Å². The Morgan fingerprint density at radius 1 is 1.21 bits per heavy atom.